The van der Waals surface area contributed by atoms with E-state index in [1.54, 1.807) is 0 Å². The number of hydrogen-bond donors (Lipinski definition) is 5. The summed E-state index contributed by atoms with van der Waals surface area (Å²) in [7, 11) is 0. The topological polar surface area (TPSA) is 179 Å². The first-order chi connectivity index (χ1) is 13.4. The number of nitrogens with zero attached hydrogens (tertiary/aromatic N) is 2. The summed E-state index contributed by atoms with van der Waals surface area (Å²) in [5.41, 5.74) is 5.51. The molecule has 1 aromatic rings. The highest BCUT2D eigenvalue weighted by atomic mass is 16.2. The molecule has 1 aromatic heterocycles. The van der Waals surface area contributed by atoms with Crippen molar-refractivity contribution >= 4 is 29.5 Å². The Bertz CT molecular complexity index is 793. The van der Waals surface area contributed by atoms with Crippen molar-refractivity contribution in [2.45, 2.75) is 43.9 Å². The molecule has 0 radical (unpaired) electrons. The number of carbonyl (C=O) groups is 5. The maximum absolute atomic E-state index is 13.0. The molecule has 0 aliphatic carbocycles. The first-order valence-electron chi connectivity index (χ1n) is 8.86. The molecule has 2 fully saturated rings. The lowest BCUT2D eigenvalue weighted by atomic mass is 10.2. The van der Waals surface area contributed by atoms with Gasteiger partial charge in [0.2, 0.25) is 17.7 Å². The monoisotopic (exact) mass is 391 g/mol. The third-order valence-corrected chi connectivity index (χ3v) is 4.75. The molecular weight excluding hydrogens is 370 g/mol. The van der Waals surface area contributed by atoms with Crippen LogP contribution in [0.15, 0.2) is 12.4 Å². The van der Waals surface area contributed by atoms with E-state index in [1.807, 2.05) is 0 Å². The number of nitrogens with one attached hydrogen (secondary N) is 4. The zero-order valence-electron chi connectivity index (χ0n) is 14.9. The van der Waals surface area contributed by atoms with Crippen LogP contribution in [-0.2, 0) is 19.2 Å². The molecule has 3 heterocycles. The van der Waals surface area contributed by atoms with Gasteiger partial charge in [-0.1, -0.05) is 0 Å². The van der Waals surface area contributed by atoms with Gasteiger partial charge < -0.3 is 26.6 Å². The quantitative estimate of drug-likeness (QED) is 0.330. The Balaban J connectivity index is 1.76. The Hall–Kier alpha value is -3.44. The van der Waals surface area contributed by atoms with Crippen LogP contribution in [0, 0.1) is 0 Å². The van der Waals surface area contributed by atoms with Gasteiger partial charge in [-0.05, 0) is 19.3 Å². The van der Waals surface area contributed by atoms with E-state index < -0.39 is 41.9 Å². The summed E-state index contributed by atoms with van der Waals surface area (Å²) in [6, 6.07) is -1.59. The number of primary amides is 1. The molecule has 6 N–H and O–H groups in total. The molecule has 2 saturated heterocycles. The molecule has 0 bridgehead atoms. The first-order valence-corrected chi connectivity index (χ1v) is 8.86. The van der Waals surface area contributed by atoms with Crippen LogP contribution in [0.2, 0.25) is 0 Å². The van der Waals surface area contributed by atoms with Crippen LogP contribution < -0.4 is 21.7 Å². The molecule has 5 amide bonds. The summed E-state index contributed by atoms with van der Waals surface area (Å²) in [6.45, 7) is 0.278. The number of amides is 5. The Morgan fingerprint density at radius 1 is 1.25 bits per heavy atom. The van der Waals surface area contributed by atoms with E-state index >= 15 is 0 Å². The average molecular weight is 391 g/mol. The molecule has 0 saturated carbocycles. The molecule has 1 unspecified atom stereocenters. The van der Waals surface area contributed by atoms with Crippen LogP contribution in [0.25, 0.3) is 0 Å². The normalized spacial score (nSPS) is 22.4. The lowest BCUT2D eigenvalue weighted by molar-refractivity contribution is -0.141. The van der Waals surface area contributed by atoms with Crippen molar-refractivity contribution in [2.24, 2.45) is 5.73 Å². The van der Waals surface area contributed by atoms with E-state index in [0.29, 0.717) is 12.8 Å². The number of likely N-dealkylation sites (tertiary alicyclic amines) is 1. The molecular formula is C16H21N7O5. The first kappa shape index (κ1) is 19.3. The van der Waals surface area contributed by atoms with Gasteiger partial charge in [0.25, 0.3) is 11.8 Å². The van der Waals surface area contributed by atoms with E-state index in [9.17, 15) is 24.0 Å². The molecule has 0 spiro atoms. The second-order valence-corrected chi connectivity index (χ2v) is 6.65. The lowest BCUT2D eigenvalue weighted by Gasteiger charge is -2.28. The van der Waals surface area contributed by atoms with E-state index in [2.05, 4.69) is 26.1 Å². The molecule has 150 valence electrons. The van der Waals surface area contributed by atoms with E-state index in [0.717, 1.165) is 0 Å². The maximum atomic E-state index is 13.0. The van der Waals surface area contributed by atoms with Crippen LogP contribution in [0.1, 0.15) is 36.0 Å². The van der Waals surface area contributed by atoms with Crippen molar-refractivity contribution in [1.29, 1.82) is 0 Å². The van der Waals surface area contributed by atoms with Crippen molar-refractivity contribution in [2.75, 3.05) is 6.54 Å². The summed E-state index contributed by atoms with van der Waals surface area (Å²) in [4.78, 5) is 62.0. The van der Waals surface area contributed by atoms with Gasteiger partial charge in [0.15, 0.2) is 6.17 Å². The summed E-state index contributed by atoms with van der Waals surface area (Å²) < 4.78 is 0. The molecule has 3 atom stereocenters. The van der Waals surface area contributed by atoms with Gasteiger partial charge in [0, 0.05) is 19.2 Å². The largest absolute Gasteiger partial charge is 0.368 e. The van der Waals surface area contributed by atoms with Crippen LogP contribution in [-0.4, -0.2) is 69.4 Å². The van der Waals surface area contributed by atoms with Gasteiger partial charge in [-0.2, -0.15) is 5.10 Å². The van der Waals surface area contributed by atoms with E-state index in [1.165, 1.54) is 17.3 Å². The highest BCUT2D eigenvalue weighted by Crippen LogP contribution is 2.18. The number of rotatable bonds is 6. The number of aromatic nitrogens is 2. The van der Waals surface area contributed by atoms with E-state index in [4.69, 9.17) is 5.73 Å². The number of carbonyl (C=O) groups excluding carboxylic acids is 5. The van der Waals surface area contributed by atoms with Gasteiger partial charge in [-0.25, -0.2) is 0 Å². The van der Waals surface area contributed by atoms with Gasteiger partial charge >= 0.3 is 0 Å². The predicted octanol–water partition coefficient (Wildman–Crippen LogP) is -2.66. The van der Waals surface area contributed by atoms with Gasteiger partial charge in [-0.15, -0.1) is 0 Å². The van der Waals surface area contributed by atoms with Crippen LogP contribution in [0.4, 0.5) is 0 Å². The minimum Gasteiger partial charge on any atom is -0.368 e. The van der Waals surface area contributed by atoms with Gasteiger partial charge in [0.1, 0.15) is 12.1 Å². The summed E-state index contributed by atoms with van der Waals surface area (Å²) in [5, 5.41) is 13.5. The van der Waals surface area contributed by atoms with Gasteiger partial charge in [0.05, 0.1) is 11.8 Å². The second-order valence-electron chi connectivity index (χ2n) is 6.65. The average Bonchev–Trinajstić information content (AvgIpc) is 3.40. The molecule has 2 aliphatic rings. The molecule has 12 heteroatoms. The SMILES string of the molecule is NC(=O)[C@@H]1CCCN1C(=O)C(NC(=O)c1cn[nH]c1)NC(=O)[C@@H]1CCC(=O)N1. The van der Waals surface area contributed by atoms with Crippen molar-refractivity contribution < 1.29 is 24.0 Å². The second kappa shape index (κ2) is 8.06. The zero-order valence-corrected chi connectivity index (χ0v) is 14.9. The number of nitrogens with two attached hydrogens (primary N) is 1. The fraction of sp³-hybridized carbons (Fsp3) is 0.500. The van der Waals surface area contributed by atoms with Crippen molar-refractivity contribution in [3.8, 4) is 0 Å². The minimum atomic E-state index is -1.42. The Morgan fingerprint density at radius 2 is 2.04 bits per heavy atom. The number of hydrogen-bond acceptors (Lipinski definition) is 6. The molecule has 0 aromatic carbocycles. The fourth-order valence-electron chi connectivity index (χ4n) is 3.29. The highest BCUT2D eigenvalue weighted by Gasteiger charge is 2.38. The minimum absolute atomic E-state index is 0.161. The smallest absolute Gasteiger partial charge is 0.266 e. The Labute approximate surface area is 159 Å². The predicted molar refractivity (Wildman–Crippen MR) is 93.1 cm³/mol. The van der Waals surface area contributed by atoms with Gasteiger partial charge in [-0.3, -0.25) is 29.1 Å². The highest BCUT2D eigenvalue weighted by molar-refractivity contribution is 6.00. The van der Waals surface area contributed by atoms with Crippen LogP contribution in [0.5, 0.6) is 0 Å². The lowest BCUT2D eigenvalue weighted by Crippen LogP contribution is -2.61. The van der Waals surface area contributed by atoms with E-state index in [-0.39, 0.29) is 30.9 Å². The van der Waals surface area contributed by atoms with Crippen molar-refractivity contribution in [3.63, 3.8) is 0 Å². The standard InChI is InChI=1S/C16H21N7O5/c17-12(25)10-2-1-5-23(10)16(28)13(21-14(26)8-6-18-19-7-8)22-15(27)9-3-4-11(24)20-9/h6-7,9-10,13H,1-5H2,(H2,17,25)(H,18,19)(H,20,24)(H,21,26)(H,22,27)/t9-,10-,13?/m0/s1. The third-order valence-electron chi connectivity index (χ3n) is 4.75. The molecule has 28 heavy (non-hydrogen) atoms. The Kier molecular flexibility index (Phi) is 5.57. The molecule has 3 rings (SSSR count). The maximum Gasteiger partial charge on any atom is 0.266 e. The Morgan fingerprint density at radius 3 is 2.64 bits per heavy atom. The van der Waals surface area contributed by atoms with Crippen LogP contribution in [0.3, 0.4) is 0 Å². The van der Waals surface area contributed by atoms with Crippen molar-refractivity contribution in [3.05, 3.63) is 18.0 Å². The fourth-order valence-corrected chi connectivity index (χ4v) is 3.29. The molecule has 12 nitrogen and oxygen atoms in total. The summed E-state index contributed by atoms with van der Waals surface area (Å²) in [6.07, 6.45) is 2.65. The third kappa shape index (κ3) is 4.10. The zero-order chi connectivity index (χ0) is 20.3. The van der Waals surface area contributed by atoms with Crippen molar-refractivity contribution in [1.82, 2.24) is 31.0 Å². The number of aromatic amines is 1. The molecule has 2 aliphatic heterocycles. The summed E-state index contributed by atoms with van der Waals surface area (Å²) in [5.74, 6) is -2.82. The summed E-state index contributed by atoms with van der Waals surface area (Å²) >= 11 is 0. The van der Waals surface area contributed by atoms with Crippen LogP contribution >= 0.6 is 0 Å². The number of H-pyrrole nitrogens is 1.